The third-order valence-electron chi connectivity index (χ3n) is 8.24. The number of nitrogens with two attached hydrogens (primary N) is 1. The average molecular weight is 671 g/mol. The molecule has 2 aliphatic heterocycles. The highest BCUT2D eigenvalue weighted by Gasteiger charge is 2.59. The van der Waals surface area contributed by atoms with E-state index in [9.17, 15) is 14.9 Å². The van der Waals surface area contributed by atoms with E-state index in [1.807, 2.05) is 0 Å². The van der Waals surface area contributed by atoms with Crippen molar-refractivity contribution in [1.29, 1.82) is 5.26 Å². The highest BCUT2D eigenvalue weighted by molar-refractivity contribution is 6.43. The Hall–Kier alpha value is -3.81. The van der Waals surface area contributed by atoms with Crippen LogP contribution in [0.2, 0.25) is 10.0 Å². The van der Waals surface area contributed by atoms with Crippen molar-refractivity contribution in [3.05, 3.63) is 51.4 Å². The molecule has 3 heterocycles. The van der Waals surface area contributed by atoms with E-state index in [2.05, 4.69) is 11.1 Å². The standard InChI is InChI=1S/C34H38Cl2FN5O4/c1-17-27(39)30(21-14-18(10-9-13-38)24(26(37)28(21)40-17)20-11-8-12-22(35)25(20)36)42(32(44)46-34(5,6)7)29-19-15-23(29)41(16-19)31(43)45-33(2,3)4/h8,11-12,14,19,23,29H,9-10,15-16,39H2,1-7H3/t19-,23-,29+/m1/s1. The minimum atomic E-state index is -0.866. The summed E-state index contributed by atoms with van der Waals surface area (Å²) < 4.78 is 28.5. The highest BCUT2D eigenvalue weighted by Crippen LogP contribution is 2.50. The van der Waals surface area contributed by atoms with Gasteiger partial charge >= 0.3 is 12.2 Å². The number of halogens is 3. The third kappa shape index (κ3) is 6.15. The fraction of sp³-hybridized carbons (Fsp3) is 0.471. The number of benzene rings is 2. The molecule has 2 aromatic carbocycles. The molecule has 2 bridgehead atoms. The van der Waals surface area contributed by atoms with Crippen LogP contribution in [-0.4, -0.2) is 51.9 Å². The number of hydrogen-bond acceptors (Lipinski definition) is 7. The van der Waals surface area contributed by atoms with Gasteiger partial charge in [-0.1, -0.05) is 35.3 Å². The molecule has 6 rings (SSSR count). The van der Waals surface area contributed by atoms with Gasteiger partial charge < -0.3 is 20.1 Å². The number of rotatable bonds is 5. The summed E-state index contributed by atoms with van der Waals surface area (Å²) in [5.41, 5.74) is 6.83. The monoisotopic (exact) mass is 669 g/mol. The quantitative estimate of drug-likeness (QED) is 0.289. The van der Waals surface area contributed by atoms with Gasteiger partial charge in [-0.05, 0) is 79.0 Å². The maximum atomic E-state index is 16.9. The van der Waals surface area contributed by atoms with Gasteiger partial charge in [0.25, 0.3) is 0 Å². The van der Waals surface area contributed by atoms with Crippen molar-refractivity contribution in [3.8, 4) is 17.2 Å². The van der Waals surface area contributed by atoms with Crippen molar-refractivity contribution in [2.45, 2.75) is 91.0 Å². The first-order valence-corrected chi connectivity index (χ1v) is 15.9. The number of ether oxygens (including phenoxy) is 2. The van der Waals surface area contributed by atoms with Crippen molar-refractivity contribution in [2.24, 2.45) is 5.92 Å². The van der Waals surface area contributed by atoms with Crippen molar-refractivity contribution in [3.63, 3.8) is 0 Å². The number of aryl methyl sites for hydroxylation is 2. The lowest BCUT2D eigenvalue weighted by Crippen LogP contribution is -2.59. The molecule has 1 aromatic heterocycles. The van der Waals surface area contributed by atoms with Gasteiger partial charge in [-0.2, -0.15) is 5.26 Å². The summed E-state index contributed by atoms with van der Waals surface area (Å²) in [6.45, 7) is 12.7. The van der Waals surface area contributed by atoms with Crippen LogP contribution in [0.1, 0.15) is 65.6 Å². The van der Waals surface area contributed by atoms with Crippen molar-refractivity contribution in [2.75, 3.05) is 17.2 Å². The van der Waals surface area contributed by atoms with E-state index in [0.717, 1.165) is 0 Å². The SMILES string of the molecule is Cc1nc2c(F)c(-c3cccc(Cl)c3Cl)c(CCC#N)cc2c(N(C(=O)OC(C)(C)C)[C@H]2[C@@H]3C[C@H]2N(C(=O)OC(C)(C)C)C3)c1N. The molecule has 1 saturated carbocycles. The molecule has 3 fully saturated rings. The van der Waals surface area contributed by atoms with Crippen LogP contribution in [0.3, 0.4) is 0 Å². The number of carbonyl (C=O) groups excluding carboxylic acids is 2. The Labute approximate surface area is 278 Å². The van der Waals surface area contributed by atoms with Crippen LogP contribution in [0.15, 0.2) is 24.3 Å². The maximum Gasteiger partial charge on any atom is 0.415 e. The van der Waals surface area contributed by atoms with Crippen molar-refractivity contribution >= 4 is 57.7 Å². The zero-order valence-corrected chi connectivity index (χ0v) is 28.5. The Kier molecular flexibility index (Phi) is 8.82. The lowest BCUT2D eigenvalue weighted by atomic mass is 9.78. The van der Waals surface area contributed by atoms with Crippen LogP contribution in [-0.2, 0) is 15.9 Å². The Bertz CT molecular complexity index is 1780. The topological polar surface area (TPSA) is 122 Å². The second-order valence-electron chi connectivity index (χ2n) is 13.9. The number of nitriles is 1. The highest BCUT2D eigenvalue weighted by atomic mass is 35.5. The lowest BCUT2D eigenvalue weighted by Gasteiger charge is -2.44. The van der Waals surface area contributed by atoms with Crippen LogP contribution < -0.4 is 10.6 Å². The molecular formula is C34H38Cl2FN5O4. The van der Waals surface area contributed by atoms with Crippen LogP contribution >= 0.6 is 23.2 Å². The zero-order valence-electron chi connectivity index (χ0n) is 27.0. The van der Waals surface area contributed by atoms with E-state index in [0.29, 0.717) is 29.8 Å². The molecule has 2 saturated heterocycles. The first-order valence-electron chi connectivity index (χ1n) is 15.2. The Morgan fingerprint density at radius 1 is 1.17 bits per heavy atom. The van der Waals surface area contributed by atoms with Gasteiger partial charge in [-0.25, -0.2) is 19.0 Å². The molecule has 2 N–H and O–H groups in total. The van der Waals surface area contributed by atoms with E-state index in [-0.39, 0.29) is 62.7 Å². The normalized spacial score (nSPS) is 19.1. The summed E-state index contributed by atoms with van der Waals surface area (Å²) in [6, 6.07) is 7.88. The number of amides is 2. The molecule has 0 spiro atoms. The Morgan fingerprint density at radius 2 is 1.85 bits per heavy atom. The van der Waals surface area contributed by atoms with Crippen LogP contribution in [0.5, 0.6) is 0 Å². The van der Waals surface area contributed by atoms with Crippen LogP contribution in [0.4, 0.5) is 25.4 Å². The molecule has 2 amide bonds. The number of nitrogens with zero attached hydrogens (tertiary/aromatic N) is 4. The third-order valence-corrected chi connectivity index (χ3v) is 9.06. The number of fused-ring (bicyclic) bond motifs is 2. The molecule has 3 aromatic rings. The predicted molar refractivity (Wildman–Crippen MR) is 178 cm³/mol. The number of pyridine rings is 1. The summed E-state index contributed by atoms with van der Waals surface area (Å²) in [5.74, 6) is -0.782. The molecule has 0 unspecified atom stereocenters. The van der Waals surface area contributed by atoms with Gasteiger partial charge in [0.1, 0.15) is 16.7 Å². The van der Waals surface area contributed by atoms with Crippen LogP contribution in [0.25, 0.3) is 22.0 Å². The first-order chi connectivity index (χ1) is 21.4. The Balaban J connectivity index is 1.75. The van der Waals surface area contributed by atoms with Crippen LogP contribution in [0, 0.1) is 30.0 Å². The first kappa shape index (κ1) is 33.6. The molecule has 46 heavy (non-hydrogen) atoms. The summed E-state index contributed by atoms with van der Waals surface area (Å²) in [4.78, 5) is 35.0. The van der Waals surface area contributed by atoms with E-state index in [4.69, 9.17) is 38.4 Å². The molecular weight excluding hydrogens is 632 g/mol. The molecule has 0 radical (unpaired) electrons. The smallest absolute Gasteiger partial charge is 0.415 e. The van der Waals surface area contributed by atoms with Gasteiger partial charge in [0.05, 0.1) is 45.3 Å². The fourth-order valence-corrected chi connectivity index (χ4v) is 6.73. The number of hydrogen-bond donors (Lipinski definition) is 1. The van der Waals surface area contributed by atoms with Gasteiger partial charge in [0.15, 0.2) is 5.82 Å². The van der Waals surface area contributed by atoms with Crippen molar-refractivity contribution < 1.29 is 23.5 Å². The maximum absolute atomic E-state index is 16.9. The zero-order chi connectivity index (χ0) is 33.9. The summed E-state index contributed by atoms with van der Waals surface area (Å²) in [6.07, 6.45) is -0.221. The second-order valence-corrected chi connectivity index (χ2v) is 14.7. The van der Waals surface area contributed by atoms with Gasteiger partial charge in [0, 0.05) is 35.4 Å². The van der Waals surface area contributed by atoms with E-state index >= 15 is 4.39 Å². The lowest BCUT2D eigenvalue weighted by molar-refractivity contribution is 0.0217. The molecule has 12 heteroatoms. The predicted octanol–water partition coefficient (Wildman–Crippen LogP) is 8.44. The van der Waals surface area contributed by atoms with Gasteiger partial charge in [0.2, 0.25) is 0 Å². The summed E-state index contributed by atoms with van der Waals surface area (Å²) in [5, 5.41) is 10.1. The van der Waals surface area contributed by atoms with Gasteiger partial charge in [-0.3, -0.25) is 4.90 Å². The van der Waals surface area contributed by atoms with Crippen molar-refractivity contribution in [1.82, 2.24) is 9.88 Å². The largest absolute Gasteiger partial charge is 0.444 e. The van der Waals surface area contributed by atoms with E-state index < -0.39 is 35.2 Å². The molecule has 9 nitrogen and oxygen atoms in total. The molecule has 244 valence electrons. The summed E-state index contributed by atoms with van der Waals surface area (Å²) >= 11 is 12.9. The second kappa shape index (κ2) is 12.1. The number of anilines is 2. The number of nitrogen functional groups attached to an aromatic ring is 1. The number of carbonyl (C=O) groups is 2. The van der Waals surface area contributed by atoms with E-state index in [1.54, 1.807) is 77.6 Å². The summed E-state index contributed by atoms with van der Waals surface area (Å²) in [7, 11) is 0. The fourth-order valence-electron chi connectivity index (χ4n) is 6.34. The molecule has 3 atom stereocenters. The Morgan fingerprint density at radius 3 is 2.48 bits per heavy atom. The van der Waals surface area contributed by atoms with Gasteiger partial charge in [-0.15, -0.1) is 0 Å². The molecule has 1 aliphatic carbocycles. The number of aromatic nitrogens is 1. The van der Waals surface area contributed by atoms with E-state index in [1.165, 1.54) is 4.90 Å². The minimum absolute atomic E-state index is 0.0299. The average Bonchev–Trinajstić information content (AvgIpc) is 3.53. The minimum Gasteiger partial charge on any atom is -0.444 e. The molecule has 3 aliphatic rings.